The predicted molar refractivity (Wildman–Crippen MR) is 80.1 cm³/mol. The van der Waals surface area contributed by atoms with E-state index in [-0.39, 0.29) is 5.69 Å². The summed E-state index contributed by atoms with van der Waals surface area (Å²) in [6, 6.07) is 10.0. The average Bonchev–Trinajstić information content (AvgIpc) is 2.40. The molecule has 0 aliphatic carbocycles. The van der Waals surface area contributed by atoms with Crippen molar-refractivity contribution >= 4 is 17.3 Å². The van der Waals surface area contributed by atoms with Crippen LogP contribution in [0.25, 0.3) is 0 Å². The van der Waals surface area contributed by atoms with E-state index in [4.69, 9.17) is 17.3 Å². The van der Waals surface area contributed by atoms with Crippen molar-refractivity contribution in [3.63, 3.8) is 0 Å². The zero-order valence-corrected chi connectivity index (χ0v) is 12.0. The molecular formula is C15H15ClN2O2. The number of nitrogens with two attached hydrogens (primary N) is 1. The summed E-state index contributed by atoms with van der Waals surface area (Å²) in [4.78, 5) is 10.4. The highest BCUT2D eigenvalue weighted by Crippen LogP contribution is 2.29. The van der Waals surface area contributed by atoms with E-state index in [1.54, 1.807) is 6.07 Å². The fourth-order valence-electron chi connectivity index (χ4n) is 2.16. The van der Waals surface area contributed by atoms with Gasteiger partial charge in [0.05, 0.1) is 11.0 Å². The molecule has 2 rings (SSSR count). The third kappa shape index (κ3) is 2.98. The first-order valence-corrected chi connectivity index (χ1v) is 6.54. The van der Waals surface area contributed by atoms with E-state index >= 15 is 0 Å². The van der Waals surface area contributed by atoms with Gasteiger partial charge in [-0.25, -0.2) is 0 Å². The van der Waals surface area contributed by atoms with Gasteiger partial charge in [0.25, 0.3) is 5.69 Å². The van der Waals surface area contributed by atoms with Crippen LogP contribution in [0.4, 0.5) is 5.69 Å². The molecule has 4 nitrogen and oxygen atoms in total. The molecule has 2 aromatic carbocycles. The highest BCUT2D eigenvalue weighted by Gasteiger charge is 2.16. The van der Waals surface area contributed by atoms with E-state index in [1.165, 1.54) is 12.1 Å². The maximum Gasteiger partial charge on any atom is 0.271 e. The fraction of sp³-hybridized carbons (Fsp3) is 0.200. The van der Waals surface area contributed by atoms with Gasteiger partial charge >= 0.3 is 0 Å². The molecule has 0 saturated carbocycles. The van der Waals surface area contributed by atoms with Crippen molar-refractivity contribution in [3.05, 3.63) is 73.8 Å². The molecule has 20 heavy (non-hydrogen) atoms. The average molecular weight is 291 g/mol. The SMILES string of the molecule is Cc1ccc(C)c(C(N)c2cc(Cl)cc([N+](=O)[O-])c2)c1. The van der Waals surface area contributed by atoms with Gasteiger partial charge in [0.2, 0.25) is 0 Å². The summed E-state index contributed by atoms with van der Waals surface area (Å²) >= 11 is 5.94. The molecule has 0 aliphatic rings. The second-order valence-corrected chi connectivity index (χ2v) is 5.27. The summed E-state index contributed by atoms with van der Waals surface area (Å²) < 4.78 is 0. The molecule has 1 atom stereocenters. The van der Waals surface area contributed by atoms with Gasteiger partial charge in [0.1, 0.15) is 0 Å². The van der Waals surface area contributed by atoms with Crippen molar-refractivity contribution in [2.45, 2.75) is 19.9 Å². The van der Waals surface area contributed by atoms with Crippen LogP contribution in [0.3, 0.4) is 0 Å². The number of benzene rings is 2. The van der Waals surface area contributed by atoms with Crippen LogP contribution in [0.5, 0.6) is 0 Å². The Morgan fingerprint density at radius 1 is 1.20 bits per heavy atom. The number of rotatable bonds is 3. The van der Waals surface area contributed by atoms with Crippen LogP contribution >= 0.6 is 11.6 Å². The van der Waals surface area contributed by atoms with E-state index in [0.717, 1.165) is 16.7 Å². The number of hydrogen-bond donors (Lipinski definition) is 1. The second kappa shape index (κ2) is 5.61. The van der Waals surface area contributed by atoms with Gasteiger partial charge in [0.15, 0.2) is 0 Å². The Morgan fingerprint density at radius 3 is 2.55 bits per heavy atom. The van der Waals surface area contributed by atoms with Gasteiger partial charge in [-0.3, -0.25) is 10.1 Å². The molecule has 0 aromatic heterocycles. The summed E-state index contributed by atoms with van der Waals surface area (Å²) in [7, 11) is 0. The van der Waals surface area contributed by atoms with Crippen LogP contribution < -0.4 is 5.73 Å². The van der Waals surface area contributed by atoms with Crippen molar-refractivity contribution in [1.29, 1.82) is 0 Å². The molecule has 0 radical (unpaired) electrons. The Morgan fingerprint density at radius 2 is 1.90 bits per heavy atom. The topological polar surface area (TPSA) is 69.2 Å². The summed E-state index contributed by atoms with van der Waals surface area (Å²) in [5.74, 6) is 0. The minimum Gasteiger partial charge on any atom is -0.320 e. The number of halogens is 1. The molecule has 0 fully saturated rings. The first-order chi connectivity index (χ1) is 9.38. The Bertz CT molecular complexity index is 671. The van der Waals surface area contributed by atoms with Crippen LogP contribution in [0, 0.1) is 24.0 Å². The van der Waals surface area contributed by atoms with Crippen molar-refractivity contribution in [2.75, 3.05) is 0 Å². The first kappa shape index (κ1) is 14.5. The zero-order valence-electron chi connectivity index (χ0n) is 11.3. The summed E-state index contributed by atoms with van der Waals surface area (Å²) in [6.07, 6.45) is 0. The van der Waals surface area contributed by atoms with Gasteiger partial charge in [-0.1, -0.05) is 35.4 Å². The fourth-order valence-corrected chi connectivity index (χ4v) is 2.39. The minimum absolute atomic E-state index is 0.0479. The Balaban J connectivity index is 2.50. The Hall–Kier alpha value is -1.91. The maximum absolute atomic E-state index is 10.9. The number of non-ortho nitro benzene ring substituents is 1. The largest absolute Gasteiger partial charge is 0.320 e. The van der Waals surface area contributed by atoms with E-state index in [0.29, 0.717) is 10.6 Å². The van der Waals surface area contributed by atoms with Crippen LogP contribution in [0.2, 0.25) is 5.02 Å². The monoisotopic (exact) mass is 290 g/mol. The normalized spacial score (nSPS) is 12.2. The van der Waals surface area contributed by atoms with Gasteiger partial charge in [0, 0.05) is 17.2 Å². The molecule has 0 aliphatic heterocycles. The third-order valence-corrected chi connectivity index (χ3v) is 3.46. The Kier molecular flexibility index (Phi) is 4.06. The lowest BCUT2D eigenvalue weighted by atomic mass is 9.94. The van der Waals surface area contributed by atoms with Crippen LogP contribution in [-0.2, 0) is 0 Å². The molecule has 1 unspecified atom stereocenters. The van der Waals surface area contributed by atoms with Crippen molar-refractivity contribution in [2.24, 2.45) is 5.73 Å². The summed E-state index contributed by atoms with van der Waals surface area (Å²) in [6.45, 7) is 3.95. The van der Waals surface area contributed by atoms with Crippen LogP contribution in [0.1, 0.15) is 28.3 Å². The minimum atomic E-state index is -0.467. The zero-order chi connectivity index (χ0) is 14.9. The smallest absolute Gasteiger partial charge is 0.271 e. The van der Waals surface area contributed by atoms with E-state index in [2.05, 4.69) is 0 Å². The highest BCUT2D eigenvalue weighted by molar-refractivity contribution is 6.30. The van der Waals surface area contributed by atoms with E-state index in [9.17, 15) is 10.1 Å². The van der Waals surface area contributed by atoms with E-state index in [1.807, 2.05) is 32.0 Å². The lowest BCUT2D eigenvalue weighted by Gasteiger charge is -2.16. The number of aryl methyl sites for hydroxylation is 2. The molecule has 0 spiro atoms. The summed E-state index contributed by atoms with van der Waals surface area (Å²) in [5.41, 5.74) is 9.92. The molecule has 0 heterocycles. The molecule has 104 valence electrons. The lowest BCUT2D eigenvalue weighted by molar-refractivity contribution is -0.384. The predicted octanol–water partition coefficient (Wildman–Crippen LogP) is 3.91. The van der Waals surface area contributed by atoms with Gasteiger partial charge in [-0.2, -0.15) is 0 Å². The Labute approximate surface area is 122 Å². The number of nitrogens with zero attached hydrogens (tertiary/aromatic N) is 1. The molecule has 0 saturated heterocycles. The molecule has 0 bridgehead atoms. The highest BCUT2D eigenvalue weighted by atomic mass is 35.5. The molecular weight excluding hydrogens is 276 g/mol. The second-order valence-electron chi connectivity index (χ2n) is 4.84. The van der Waals surface area contributed by atoms with Crippen LogP contribution in [0.15, 0.2) is 36.4 Å². The van der Waals surface area contributed by atoms with Gasteiger partial charge in [-0.05, 0) is 36.6 Å². The molecule has 0 amide bonds. The summed E-state index contributed by atoms with van der Waals surface area (Å²) in [5, 5.41) is 11.2. The van der Waals surface area contributed by atoms with Crippen molar-refractivity contribution in [3.8, 4) is 0 Å². The van der Waals surface area contributed by atoms with Gasteiger partial charge < -0.3 is 5.73 Å². The number of nitro groups is 1. The lowest BCUT2D eigenvalue weighted by Crippen LogP contribution is -2.13. The van der Waals surface area contributed by atoms with E-state index < -0.39 is 11.0 Å². The third-order valence-electron chi connectivity index (χ3n) is 3.24. The van der Waals surface area contributed by atoms with Crippen molar-refractivity contribution < 1.29 is 4.92 Å². The molecule has 2 N–H and O–H groups in total. The van der Waals surface area contributed by atoms with Crippen LogP contribution in [-0.4, -0.2) is 4.92 Å². The quantitative estimate of drug-likeness (QED) is 0.688. The standard InChI is InChI=1S/C15H15ClN2O2/c1-9-3-4-10(2)14(5-9)15(17)11-6-12(16)8-13(7-11)18(19)20/h3-8,15H,17H2,1-2H3. The molecule has 5 heteroatoms. The first-order valence-electron chi connectivity index (χ1n) is 6.16. The van der Waals surface area contributed by atoms with Gasteiger partial charge in [-0.15, -0.1) is 0 Å². The number of hydrogen-bond acceptors (Lipinski definition) is 3. The van der Waals surface area contributed by atoms with Crippen molar-refractivity contribution in [1.82, 2.24) is 0 Å². The molecule has 2 aromatic rings. The number of nitro benzene ring substituents is 1. The maximum atomic E-state index is 10.9.